The van der Waals surface area contributed by atoms with Gasteiger partial charge in [0.15, 0.2) is 6.29 Å². The Morgan fingerprint density at radius 2 is 1.83 bits per heavy atom. The van der Waals surface area contributed by atoms with Gasteiger partial charge in [0.25, 0.3) is 0 Å². The zero-order valence-electron chi connectivity index (χ0n) is 13.4. The molecule has 1 saturated carbocycles. The highest BCUT2D eigenvalue weighted by Gasteiger charge is 2.45. The van der Waals surface area contributed by atoms with Gasteiger partial charge in [-0.05, 0) is 36.7 Å². The molecule has 8 atom stereocenters. The highest BCUT2D eigenvalue weighted by molar-refractivity contribution is 5.03. The van der Waals surface area contributed by atoms with Gasteiger partial charge in [0, 0.05) is 0 Å². The molecule has 0 aromatic heterocycles. The molecule has 1 aliphatic heterocycles. The molecule has 5 N–H and O–H groups in total. The largest absolute Gasteiger partial charge is 0.394 e. The first kappa shape index (κ1) is 18.8. The topological polar surface area (TPSA) is 120 Å². The standard InChI is InChI=1S/C16H28O7/c1-8-3-4-10(9(2)6-17)5-11(8)22-16-15(21)14(20)13(19)12(7-18)23-16/h8,10-21H,2-7H2,1H3/t8-,10+,11+,12+,13+,14-,15+,16+/m0/s1. The van der Waals surface area contributed by atoms with Crippen LogP contribution >= 0.6 is 0 Å². The smallest absolute Gasteiger partial charge is 0.186 e. The molecule has 23 heavy (non-hydrogen) atoms. The molecule has 7 heteroatoms. The van der Waals surface area contributed by atoms with Crippen LogP contribution in [0.4, 0.5) is 0 Å². The SMILES string of the molecule is C=C(CO)[C@@H]1CC[C@H](C)[C@H](O[C@@H]2O[C@H](CO)[C@@H](O)[C@H](O)[C@H]2O)C1. The van der Waals surface area contributed by atoms with E-state index in [2.05, 4.69) is 6.58 Å². The molecule has 0 aromatic carbocycles. The molecule has 0 radical (unpaired) electrons. The maximum Gasteiger partial charge on any atom is 0.186 e. The van der Waals surface area contributed by atoms with Crippen molar-refractivity contribution in [2.75, 3.05) is 13.2 Å². The van der Waals surface area contributed by atoms with Crippen molar-refractivity contribution in [3.63, 3.8) is 0 Å². The Bertz CT molecular complexity index is 400. The van der Waals surface area contributed by atoms with Crippen molar-refractivity contribution in [1.29, 1.82) is 0 Å². The van der Waals surface area contributed by atoms with E-state index in [1.807, 2.05) is 6.92 Å². The van der Waals surface area contributed by atoms with Gasteiger partial charge >= 0.3 is 0 Å². The second-order valence-corrected chi connectivity index (χ2v) is 6.68. The predicted molar refractivity (Wildman–Crippen MR) is 81.4 cm³/mol. The van der Waals surface area contributed by atoms with Crippen molar-refractivity contribution < 1.29 is 35.0 Å². The average molecular weight is 332 g/mol. The van der Waals surface area contributed by atoms with E-state index in [1.54, 1.807) is 0 Å². The molecule has 2 aliphatic rings. The van der Waals surface area contributed by atoms with Crippen LogP contribution in [0.3, 0.4) is 0 Å². The van der Waals surface area contributed by atoms with Crippen LogP contribution in [0, 0.1) is 11.8 Å². The van der Waals surface area contributed by atoms with Crippen molar-refractivity contribution in [2.24, 2.45) is 11.8 Å². The fraction of sp³-hybridized carbons (Fsp3) is 0.875. The number of aliphatic hydroxyl groups is 5. The summed E-state index contributed by atoms with van der Waals surface area (Å²) in [6.07, 6.45) is -4.05. The zero-order valence-corrected chi connectivity index (χ0v) is 13.4. The minimum Gasteiger partial charge on any atom is -0.394 e. The van der Waals surface area contributed by atoms with Gasteiger partial charge in [-0.25, -0.2) is 0 Å². The third-order valence-electron chi connectivity index (χ3n) is 5.06. The Hall–Kier alpha value is -0.540. The van der Waals surface area contributed by atoms with Gasteiger partial charge in [-0.2, -0.15) is 0 Å². The summed E-state index contributed by atoms with van der Waals surface area (Å²) in [5.41, 5.74) is 0.763. The molecule has 1 aliphatic carbocycles. The van der Waals surface area contributed by atoms with E-state index >= 15 is 0 Å². The van der Waals surface area contributed by atoms with Crippen molar-refractivity contribution in [1.82, 2.24) is 0 Å². The second-order valence-electron chi connectivity index (χ2n) is 6.68. The monoisotopic (exact) mass is 332 g/mol. The summed E-state index contributed by atoms with van der Waals surface area (Å²) in [7, 11) is 0. The predicted octanol–water partition coefficient (Wildman–Crippen LogP) is -0.844. The number of aliphatic hydroxyl groups excluding tert-OH is 5. The minimum absolute atomic E-state index is 0.0637. The molecule has 0 aromatic rings. The summed E-state index contributed by atoms with van der Waals surface area (Å²) in [4.78, 5) is 0. The van der Waals surface area contributed by atoms with Crippen LogP contribution in [0.5, 0.6) is 0 Å². The lowest BCUT2D eigenvalue weighted by atomic mass is 9.77. The van der Waals surface area contributed by atoms with Gasteiger partial charge in [-0.15, -0.1) is 0 Å². The average Bonchev–Trinajstić information content (AvgIpc) is 2.56. The highest BCUT2D eigenvalue weighted by Crippen LogP contribution is 2.36. The van der Waals surface area contributed by atoms with Crippen LogP contribution in [0.2, 0.25) is 0 Å². The van der Waals surface area contributed by atoms with Crippen LogP contribution in [0.25, 0.3) is 0 Å². The Balaban J connectivity index is 2.02. The van der Waals surface area contributed by atoms with Crippen LogP contribution < -0.4 is 0 Å². The van der Waals surface area contributed by atoms with Crippen molar-refractivity contribution in [2.45, 2.75) is 63.0 Å². The summed E-state index contributed by atoms with van der Waals surface area (Å²) in [5, 5.41) is 48.1. The van der Waals surface area contributed by atoms with E-state index in [4.69, 9.17) is 9.47 Å². The Morgan fingerprint density at radius 1 is 1.13 bits per heavy atom. The fourth-order valence-electron chi connectivity index (χ4n) is 3.32. The highest BCUT2D eigenvalue weighted by atomic mass is 16.7. The Morgan fingerprint density at radius 3 is 2.43 bits per heavy atom. The molecule has 0 bridgehead atoms. The molecule has 0 spiro atoms. The van der Waals surface area contributed by atoms with E-state index in [1.165, 1.54) is 0 Å². The Kier molecular flexibility index (Phi) is 6.56. The molecule has 1 heterocycles. The van der Waals surface area contributed by atoms with Crippen molar-refractivity contribution >= 4 is 0 Å². The van der Waals surface area contributed by atoms with E-state index in [9.17, 15) is 25.5 Å². The second kappa shape index (κ2) is 8.02. The third-order valence-corrected chi connectivity index (χ3v) is 5.06. The molecule has 2 rings (SSSR count). The molecule has 1 saturated heterocycles. The first-order chi connectivity index (χ1) is 10.9. The lowest BCUT2D eigenvalue weighted by Crippen LogP contribution is -2.60. The normalized spacial score (nSPS) is 45.0. The molecule has 0 amide bonds. The Labute approximate surface area is 136 Å². The van der Waals surface area contributed by atoms with Gasteiger partial charge in [0.05, 0.1) is 19.3 Å². The van der Waals surface area contributed by atoms with Crippen LogP contribution in [-0.2, 0) is 9.47 Å². The molecule has 2 fully saturated rings. The summed E-state index contributed by atoms with van der Waals surface area (Å²) in [5.74, 6) is 0.371. The molecule has 7 nitrogen and oxygen atoms in total. The zero-order chi connectivity index (χ0) is 17.1. The quantitative estimate of drug-likeness (QED) is 0.416. The number of ether oxygens (including phenoxy) is 2. The molecular formula is C16H28O7. The van der Waals surface area contributed by atoms with Gasteiger partial charge in [-0.1, -0.05) is 13.5 Å². The third kappa shape index (κ3) is 4.11. The first-order valence-corrected chi connectivity index (χ1v) is 8.13. The lowest BCUT2D eigenvalue weighted by Gasteiger charge is -2.43. The van der Waals surface area contributed by atoms with Gasteiger partial charge < -0.3 is 35.0 Å². The summed E-state index contributed by atoms with van der Waals surface area (Å²) in [6.45, 7) is 5.37. The van der Waals surface area contributed by atoms with E-state index < -0.39 is 37.3 Å². The van der Waals surface area contributed by atoms with Gasteiger partial charge in [-0.3, -0.25) is 0 Å². The summed E-state index contributed by atoms with van der Waals surface area (Å²) < 4.78 is 11.3. The van der Waals surface area contributed by atoms with Crippen molar-refractivity contribution in [3.05, 3.63) is 12.2 Å². The molecular weight excluding hydrogens is 304 g/mol. The van der Waals surface area contributed by atoms with Crippen LogP contribution in [0.15, 0.2) is 12.2 Å². The summed E-state index contributed by atoms with van der Waals surface area (Å²) >= 11 is 0. The van der Waals surface area contributed by atoms with Gasteiger partial charge in [0.1, 0.15) is 24.4 Å². The van der Waals surface area contributed by atoms with Crippen molar-refractivity contribution in [3.8, 4) is 0 Å². The maximum atomic E-state index is 10.1. The van der Waals surface area contributed by atoms with E-state index in [0.717, 1.165) is 18.4 Å². The first-order valence-electron chi connectivity index (χ1n) is 8.13. The lowest BCUT2D eigenvalue weighted by molar-refractivity contribution is -0.316. The van der Waals surface area contributed by atoms with E-state index in [0.29, 0.717) is 6.42 Å². The van der Waals surface area contributed by atoms with E-state index in [-0.39, 0.29) is 24.5 Å². The number of hydrogen-bond acceptors (Lipinski definition) is 7. The van der Waals surface area contributed by atoms with Gasteiger partial charge in [0.2, 0.25) is 0 Å². The van der Waals surface area contributed by atoms with Crippen LogP contribution in [-0.4, -0.2) is 75.6 Å². The van der Waals surface area contributed by atoms with Crippen LogP contribution in [0.1, 0.15) is 26.2 Å². The fourth-order valence-corrected chi connectivity index (χ4v) is 3.32. The minimum atomic E-state index is -1.44. The number of rotatable bonds is 5. The molecule has 134 valence electrons. The maximum absolute atomic E-state index is 10.1. The summed E-state index contributed by atoms with van der Waals surface area (Å²) in [6, 6.07) is 0. The number of hydrogen-bond donors (Lipinski definition) is 5. The molecule has 0 unspecified atom stereocenters.